The summed E-state index contributed by atoms with van der Waals surface area (Å²) < 4.78 is 0. The largest absolute Gasteiger partial charge is 0.534 e. The number of phenolic OH excluding ortho intramolecular Hbond substituents is 9. The molecule has 0 aliphatic rings. The smallest absolute Gasteiger partial charge is 0.121 e. The first-order valence-electron chi connectivity index (χ1n) is 32.4. The van der Waals surface area contributed by atoms with E-state index in [0.29, 0.717) is 40.6 Å². The molecule has 9 nitrogen and oxygen atoms in total. The molecule has 0 aromatic heterocycles. The van der Waals surface area contributed by atoms with Crippen LogP contribution in [0.4, 0.5) is 0 Å². The van der Waals surface area contributed by atoms with E-state index in [1.807, 2.05) is 162 Å². The van der Waals surface area contributed by atoms with Crippen molar-refractivity contribution in [2.45, 2.75) is 166 Å². The molecule has 5 unspecified atom stereocenters. The van der Waals surface area contributed by atoms with Crippen molar-refractivity contribution in [1.82, 2.24) is 0 Å². The Hall–Kier alpha value is -8.50. The van der Waals surface area contributed by atoms with Crippen molar-refractivity contribution in [3.05, 3.63) is 281 Å². The number of allylic oxidation sites excluding steroid dienone is 3. The van der Waals surface area contributed by atoms with E-state index >= 15 is 0 Å². The fourth-order valence-electron chi connectivity index (χ4n) is 11.7. The molecule has 1 radical (unpaired) electrons. The Morgan fingerprint density at radius 2 is 0.642 bits per heavy atom. The van der Waals surface area contributed by atoms with Crippen molar-refractivity contribution in [1.29, 1.82) is 0 Å². The Morgan fingerprint density at radius 1 is 0.316 bits per heavy atom. The fraction of sp³-hybridized carbons (Fsp3) is 0.294. The molecule has 497 valence electrons. The van der Waals surface area contributed by atoms with Crippen LogP contribution in [0.5, 0.6) is 51.7 Å². The molecule has 9 rings (SSSR count). The van der Waals surface area contributed by atoms with Gasteiger partial charge in [-0.15, -0.1) is 23.3 Å². The van der Waals surface area contributed by atoms with Crippen LogP contribution in [-0.4, -0.2) is 46.0 Å². The first-order valence-corrected chi connectivity index (χ1v) is 32.4. The summed E-state index contributed by atoms with van der Waals surface area (Å²) in [6.45, 7) is 34.0. The van der Waals surface area contributed by atoms with Crippen molar-refractivity contribution in [3.63, 3.8) is 0 Å². The van der Waals surface area contributed by atoms with Gasteiger partial charge in [0.15, 0.2) is 0 Å². The third kappa shape index (κ3) is 22.0. The Bertz CT molecular complexity index is 4000. The van der Waals surface area contributed by atoms with Crippen molar-refractivity contribution in [2.75, 3.05) is 0 Å². The first kappa shape index (κ1) is 77.2. The van der Waals surface area contributed by atoms with Gasteiger partial charge in [-0.3, -0.25) is 0 Å². The minimum absolute atomic E-state index is 0. The van der Waals surface area contributed by atoms with Crippen molar-refractivity contribution in [2.24, 2.45) is 0 Å². The van der Waals surface area contributed by atoms with E-state index < -0.39 is 0 Å². The third-order valence-electron chi connectivity index (χ3n) is 17.7. The standard InChI is InChI=1S/C30H36O3.C24H24O3.C20H23O2.C11H16O.Y/c1-17(26-13-20(4)29(32)21(5)14-26)12-25(27-15-22(6)30(33)23(7)16-27)9-8-24-10-18(2)28(31)19(3)11-24;1-17(19-6-12-23(26)13-7-19)16-21(20-8-14-24(27)15-9-20)5-2-18-3-10-22(25)11-4-18;1-12(18-9-15(4)20(22)16(5)10-18)6-7-17-8-14(3)19(21)11-13(17)2;1-7(2)10-5-8(3)11(12)9(4)6-10;/h8-11,13-17,25,31-33H,12H2,1-7H3;2-15,17,21,25-27H,16H2,1H3;6-10,12,21-22H,1-5H3;5-7,12H,1-4H3;/q;;-1;;/b9-8+;5-2+;7-6+;;. The van der Waals surface area contributed by atoms with Crippen LogP contribution in [0.3, 0.4) is 0 Å². The zero-order valence-electron chi connectivity index (χ0n) is 58.7. The summed E-state index contributed by atoms with van der Waals surface area (Å²) in [5.41, 5.74) is 21.1. The number of rotatable bonds is 16. The number of benzene rings is 9. The summed E-state index contributed by atoms with van der Waals surface area (Å²) in [5.74, 6) is 4.52. The zero-order chi connectivity index (χ0) is 69.4. The molecule has 9 aromatic carbocycles. The molecule has 95 heavy (non-hydrogen) atoms. The van der Waals surface area contributed by atoms with E-state index in [0.717, 1.165) is 102 Å². The molecular formula is C85H99O9Y-. The second-order valence-electron chi connectivity index (χ2n) is 26.2. The summed E-state index contributed by atoms with van der Waals surface area (Å²) in [4.78, 5) is 0. The summed E-state index contributed by atoms with van der Waals surface area (Å²) in [6.07, 6.45) is 14.6. The summed E-state index contributed by atoms with van der Waals surface area (Å²) in [7, 11) is 0. The number of hydrogen-bond donors (Lipinski definition) is 9. The van der Waals surface area contributed by atoms with Crippen LogP contribution < -0.4 is 0 Å². The maximum absolute atomic E-state index is 10.3. The SMILES string of the molecule is CC(CC(/C=C/c1ccc(O)cc1)c1ccc(O)cc1)c1ccc(O)cc1.Cc1[c-]c(O)c(C)cc1/C=C/C(C)c1cc(C)c(O)c(C)c1.Cc1cc(/C=C/C(CC(C)c2cc(C)c(O)c(C)c2)c2cc(C)c(O)c(C)c2)cc(C)c1O.Cc1cc(C(C)C)cc(C)c1O.[Y]. The number of aromatic hydroxyl groups is 9. The van der Waals surface area contributed by atoms with Crippen LogP contribution in [0.15, 0.2) is 158 Å². The molecule has 0 saturated heterocycles. The van der Waals surface area contributed by atoms with Gasteiger partial charge in [-0.1, -0.05) is 164 Å². The van der Waals surface area contributed by atoms with Crippen LogP contribution in [0.2, 0.25) is 0 Å². The molecule has 0 saturated carbocycles. The quantitative estimate of drug-likeness (QED) is 0.0425. The van der Waals surface area contributed by atoms with Crippen LogP contribution in [0.1, 0.15) is 200 Å². The van der Waals surface area contributed by atoms with E-state index in [-0.39, 0.29) is 79.4 Å². The van der Waals surface area contributed by atoms with E-state index in [1.165, 1.54) is 27.8 Å². The summed E-state index contributed by atoms with van der Waals surface area (Å²) in [5, 5.41) is 88.2. The van der Waals surface area contributed by atoms with Gasteiger partial charge < -0.3 is 46.0 Å². The van der Waals surface area contributed by atoms with Crippen LogP contribution in [0, 0.1) is 89.2 Å². The molecule has 9 aromatic rings. The van der Waals surface area contributed by atoms with Gasteiger partial charge in [-0.25, -0.2) is 0 Å². The third-order valence-corrected chi connectivity index (χ3v) is 17.7. The topological polar surface area (TPSA) is 182 Å². The van der Waals surface area contributed by atoms with Crippen LogP contribution in [0.25, 0.3) is 18.2 Å². The second kappa shape index (κ2) is 35.3. The Balaban J connectivity index is 0.000000239. The average molecular weight is 1350 g/mol. The molecule has 0 aliphatic carbocycles. The maximum atomic E-state index is 10.3. The van der Waals surface area contributed by atoms with Crippen molar-refractivity contribution in [3.8, 4) is 51.7 Å². The monoisotopic (exact) mass is 1350 g/mol. The normalized spacial score (nSPS) is 12.8. The zero-order valence-corrected chi connectivity index (χ0v) is 61.6. The Labute approximate surface area is 591 Å². The van der Waals surface area contributed by atoms with Gasteiger partial charge in [0.1, 0.15) is 46.0 Å². The van der Waals surface area contributed by atoms with E-state index in [9.17, 15) is 46.0 Å². The second-order valence-corrected chi connectivity index (χ2v) is 26.2. The molecule has 0 amide bonds. The Kier molecular flexibility index (Phi) is 28.7. The van der Waals surface area contributed by atoms with Crippen molar-refractivity contribution < 1.29 is 78.7 Å². The van der Waals surface area contributed by atoms with Gasteiger partial charge in [0.2, 0.25) is 0 Å². The molecule has 0 aliphatic heterocycles. The van der Waals surface area contributed by atoms with E-state index in [4.69, 9.17) is 0 Å². The first-order chi connectivity index (χ1) is 44.3. The van der Waals surface area contributed by atoms with Gasteiger partial charge in [-0.05, 0) is 254 Å². The minimum atomic E-state index is 0. The summed E-state index contributed by atoms with van der Waals surface area (Å²) in [6, 6.07) is 47.2. The van der Waals surface area contributed by atoms with Gasteiger partial charge in [0.25, 0.3) is 0 Å². The molecule has 0 spiro atoms. The molecule has 10 heteroatoms. The van der Waals surface area contributed by atoms with Crippen LogP contribution >= 0.6 is 0 Å². The fourth-order valence-corrected chi connectivity index (χ4v) is 11.7. The number of aryl methyl sites for hydroxylation is 12. The van der Waals surface area contributed by atoms with E-state index in [1.54, 1.807) is 36.4 Å². The molecule has 0 heterocycles. The van der Waals surface area contributed by atoms with Crippen LogP contribution in [-0.2, 0) is 32.7 Å². The molecule has 9 N–H and O–H groups in total. The predicted octanol–water partition coefficient (Wildman–Crippen LogP) is 21.5. The minimum Gasteiger partial charge on any atom is -0.534 e. The molecular weight excluding hydrogens is 1250 g/mol. The van der Waals surface area contributed by atoms with Gasteiger partial charge in [-0.2, -0.15) is 11.6 Å². The maximum Gasteiger partial charge on any atom is 0.121 e. The molecule has 0 fully saturated rings. The Morgan fingerprint density at radius 3 is 1.05 bits per heavy atom. The van der Waals surface area contributed by atoms with Gasteiger partial charge >= 0.3 is 0 Å². The van der Waals surface area contributed by atoms with Gasteiger partial charge in [0, 0.05) is 50.3 Å². The van der Waals surface area contributed by atoms with Gasteiger partial charge in [0.05, 0.1) is 0 Å². The molecule has 0 bridgehead atoms. The number of hydrogen-bond acceptors (Lipinski definition) is 9. The average Bonchev–Trinajstić information content (AvgIpc) is 0.854. The molecule has 5 atom stereocenters. The summed E-state index contributed by atoms with van der Waals surface area (Å²) >= 11 is 0. The predicted molar refractivity (Wildman–Crippen MR) is 390 cm³/mol. The number of phenols is 9. The van der Waals surface area contributed by atoms with Crippen molar-refractivity contribution >= 4 is 18.2 Å². The van der Waals surface area contributed by atoms with E-state index in [2.05, 4.69) is 101 Å².